The monoisotopic (exact) mass is 408 g/mol. The summed E-state index contributed by atoms with van der Waals surface area (Å²) in [6.07, 6.45) is 2.45. The van der Waals surface area contributed by atoms with E-state index in [0.717, 1.165) is 43.8 Å². The molecule has 162 valence electrons. The molecule has 3 rings (SSSR count). The first kappa shape index (κ1) is 22.5. The van der Waals surface area contributed by atoms with Crippen LogP contribution in [0.15, 0.2) is 54.6 Å². The van der Waals surface area contributed by atoms with Crippen molar-refractivity contribution in [2.75, 3.05) is 38.7 Å². The smallest absolute Gasteiger partial charge is 0.183 e. The maximum absolute atomic E-state index is 13.7. The molecule has 2 atom stereocenters. The van der Waals surface area contributed by atoms with Crippen LogP contribution in [0.2, 0.25) is 0 Å². The first-order valence-corrected chi connectivity index (χ1v) is 11.1. The third kappa shape index (κ3) is 4.60. The largest absolute Gasteiger partial charge is 0.372 e. The quantitative estimate of drug-likeness (QED) is 0.586. The van der Waals surface area contributed by atoms with Crippen LogP contribution in [-0.2, 0) is 11.2 Å². The SMILES string of the molecule is CCC1(C)CN(c2ccc(C(=O)C(CC)(Cc3ccccc3)N(C)C)cc2)CCO1. The molecule has 0 amide bonds. The number of ketones is 1. The van der Waals surface area contributed by atoms with Crippen molar-refractivity contribution < 1.29 is 9.53 Å². The van der Waals surface area contributed by atoms with Gasteiger partial charge in [-0.25, -0.2) is 0 Å². The Morgan fingerprint density at radius 2 is 1.77 bits per heavy atom. The Balaban J connectivity index is 1.83. The average Bonchev–Trinajstić information content (AvgIpc) is 2.77. The first-order chi connectivity index (χ1) is 14.3. The summed E-state index contributed by atoms with van der Waals surface area (Å²) in [7, 11) is 4.02. The van der Waals surface area contributed by atoms with Gasteiger partial charge in [-0.3, -0.25) is 9.69 Å². The number of carbonyl (C=O) groups is 1. The van der Waals surface area contributed by atoms with E-state index in [1.54, 1.807) is 0 Å². The summed E-state index contributed by atoms with van der Waals surface area (Å²) in [5.74, 6) is 0.186. The predicted molar refractivity (Wildman–Crippen MR) is 124 cm³/mol. The van der Waals surface area contributed by atoms with Gasteiger partial charge in [0.2, 0.25) is 0 Å². The highest BCUT2D eigenvalue weighted by Gasteiger charge is 2.39. The van der Waals surface area contributed by atoms with Gasteiger partial charge in [-0.05, 0) is 70.1 Å². The Hall–Kier alpha value is -2.17. The van der Waals surface area contributed by atoms with Crippen molar-refractivity contribution in [1.29, 1.82) is 0 Å². The minimum atomic E-state index is -0.553. The van der Waals surface area contributed by atoms with E-state index >= 15 is 0 Å². The molecule has 0 spiro atoms. The Bertz CT molecular complexity index is 834. The van der Waals surface area contributed by atoms with E-state index in [1.165, 1.54) is 5.56 Å². The minimum Gasteiger partial charge on any atom is -0.372 e. The summed E-state index contributed by atoms with van der Waals surface area (Å²) in [6.45, 7) is 8.95. The minimum absolute atomic E-state index is 0.106. The maximum atomic E-state index is 13.7. The summed E-state index contributed by atoms with van der Waals surface area (Å²) in [5, 5.41) is 0. The van der Waals surface area contributed by atoms with Crippen LogP contribution in [0.25, 0.3) is 0 Å². The average molecular weight is 409 g/mol. The van der Waals surface area contributed by atoms with Crippen molar-refractivity contribution >= 4 is 11.5 Å². The summed E-state index contributed by atoms with van der Waals surface area (Å²) < 4.78 is 5.97. The Morgan fingerprint density at radius 1 is 1.10 bits per heavy atom. The molecule has 0 aliphatic carbocycles. The zero-order valence-corrected chi connectivity index (χ0v) is 19.1. The lowest BCUT2D eigenvalue weighted by Gasteiger charge is -2.41. The van der Waals surface area contributed by atoms with Crippen LogP contribution in [0.4, 0.5) is 5.69 Å². The highest BCUT2D eigenvalue weighted by atomic mass is 16.5. The molecule has 30 heavy (non-hydrogen) atoms. The molecule has 0 bridgehead atoms. The molecule has 1 fully saturated rings. The van der Waals surface area contributed by atoms with Gasteiger partial charge in [-0.1, -0.05) is 44.2 Å². The Morgan fingerprint density at radius 3 is 2.33 bits per heavy atom. The van der Waals surface area contributed by atoms with Crippen molar-refractivity contribution in [2.45, 2.75) is 51.2 Å². The number of Topliss-reactive ketones (excluding diaryl/α,β-unsaturated/α-hetero) is 1. The molecule has 2 unspecified atom stereocenters. The zero-order valence-electron chi connectivity index (χ0n) is 19.1. The molecule has 0 saturated carbocycles. The summed E-state index contributed by atoms with van der Waals surface area (Å²) >= 11 is 0. The van der Waals surface area contributed by atoms with Crippen LogP contribution < -0.4 is 4.90 Å². The third-order valence-electron chi connectivity index (χ3n) is 6.78. The molecule has 1 aliphatic heterocycles. The first-order valence-electron chi connectivity index (χ1n) is 11.1. The molecule has 1 aliphatic rings. The van der Waals surface area contributed by atoms with E-state index in [-0.39, 0.29) is 11.4 Å². The molecule has 0 N–H and O–H groups in total. The fraction of sp³-hybridized carbons (Fsp3) is 0.500. The third-order valence-corrected chi connectivity index (χ3v) is 6.78. The molecular weight excluding hydrogens is 372 g/mol. The number of morpholine rings is 1. The van der Waals surface area contributed by atoms with E-state index in [2.05, 4.69) is 54.8 Å². The number of carbonyl (C=O) groups excluding carboxylic acids is 1. The van der Waals surface area contributed by atoms with Gasteiger partial charge in [-0.15, -0.1) is 0 Å². The number of anilines is 1. The van der Waals surface area contributed by atoms with E-state index in [4.69, 9.17) is 4.74 Å². The number of benzene rings is 2. The molecule has 4 heteroatoms. The van der Waals surface area contributed by atoms with Gasteiger partial charge >= 0.3 is 0 Å². The van der Waals surface area contributed by atoms with E-state index < -0.39 is 5.54 Å². The normalized spacial score (nSPS) is 21.5. The van der Waals surface area contributed by atoms with E-state index in [0.29, 0.717) is 6.42 Å². The standard InChI is InChI=1S/C26H36N2O2/c1-6-25(3)20-28(17-18-30-25)23-15-13-22(14-16-23)24(29)26(7-2,27(4)5)19-21-11-9-8-10-12-21/h8-16H,6-7,17-20H2,1-5H3. The molecular formula is C26H36N2O2. The Kier molecular flexibility index (Phi) is 6.99. The number of nitrogens with zero attached hydrogens (tertiary/aromatic N) is 2. The van der Waals surface area contributed by atoms with Gasteiger partial charge in [-0.2, -0.15) is 0 Å². The molecule has 0 aromatic heterocycles. The van der Waals surface area contributed by atoms with Crippen LogP contribution in [0.5, 0.6) is 0 Å². The zero-order chi connectivity index (χ0) is 21.8. The molecule has 2 aromatic carbocycles. The van der Waals surface area contributed by atoms with Crippen molar-refractivity contribution in [2.24, 2.45) is 0 Å². The van der Waals surface area contributed by atoms with Gasteiger partial charge < -0.3 is 9.64 Å². The van der Waals surface area contributed by atoms with Crippen molar-refractivity contribution in [3.8, 4) is 0 Å². The van der Waals surface area contributed by atoms with Crippen LogP contribution in [0, 0.1) is 0 Å². The number of rotatable bonds is 8. The molecule has 0 radical (unpaired) electrons. The van der Waals surface area contributed by atoms with Crippen LogP contribution in [0.3, 0.4) is 0 Å². The molecule has 4 nitrogen and oxygen atoms in total. The van der Waals surface area contributed by atoms with E-state index in [9.17, 15) is 4.79 Å². The van der Waals surface area contributed by atoms with Crippen LogP contribution in [-0.4, -0.2) is 55.6 Å². The van der Waals surface area contributed by atoms with Crippen molar-refractivity contribution in [1.82, 2.24) is 4.90 Å². The van der Waals surface area contributed by atoms with Gasteiger partial charge in [0.05, 0.1) is 17.7 Å². The molecule has 1 saturated heterocycles. The number of hydrogen-bond acceptors (Lipinski definition) is 4. The Labute approximate surface area is 181 Å². The fourth-order valence-electron chi connectivity index (χ4n) is 4.43. The highest BCUT2D eigenvalue weighted by Crippen LogP contribution is 2.30. The maximum Gasteiger partial charge on any atom is 0.183 e. The summed E-state index contributed by atoms with van der Waals surface area (Å²) in [5.41, 5.74) is 2.46. The second-order valence-electron chi connectivity index (χ2n) is 8.89. The van der Waals surface area contributed by atoms with Crippen molar-refractivity contribution in [3.63, 3.8) is 0 Å². The van der Waals surface area contributed by atoms with Gasteiger partial charge in [0.25, 0.3) is 0 Å². The van der Waals surface area contributed by atoms with E-state index in [1.807, 2.05) is 44.4 Å². The second-order valence-corrected chi connectivity index (χ2v) is 8.89. The topological polar surface area (TPSA) is 32.8 Å². The highest BCUT2D eigenvalue weighted by molar-refractivity contribution is 6.03. The lowest BCUT2D eigenvalue weighted by Crippen LogP contribution is -2.52. The summed E-state index contributed by atoms with van der Waals surface area (Å²) in [4.78, 5) is 18.2. The van der Waals surface area contributed by atoms with Crippen LogP contribution >= 0.6 is 0 Å². The van der Waals surface area contributed by atoms with Gasteiger partial charge in [0.15, 0.2) is 5.78 Å². The number of likely N-dealkylation sites (N-methyl/N-ethyl adjacent to an activating group) is 1. The fourth-order valence-corrected chi connectivity index (χ4v) is 4.43. The summed E-state index contributed by atoms with van der Waals surface area (Å²) in [6, 6.07) is 18.5. The second kappa shape index (κ2) is 9.32. The lowest BCUT2D eigenvalue weighted by molar-refractivity contribution is -0.0441. The van der Waals surface area contributed by atoms with Gasteiger partial charge in [0.1, 0.15) is 0 Å². The van der Waals surface area contributed by atoms with Crippen molar-refractivity contribution in [3.05, 3.63) is 65.7 Å². The predicted octanol–water partition coefficient (Wildman–Crippen LogP) is 4.83. The molecule has 1 heterocycles. The van der Waals surface area contributed by atoms with Crippen LogP contribution in [0.1, 0.15) is 49.5 Å². The number of hydrogen-bond donors (Lipinski definition) is 0. The lowest BCUT2D eigenvalue weighted by atomic mass is 9.80. The number of ether oxygens (including phenoxy) is 1. The van der Waals surface area contributed by atoms with Gasteiger partial charge in [0, 0.05) is 24.3 Å². The molecule has 2 aromatic rings.